The second kappa shape index (κ2) is 6.03. The van der Waals surface area contributed by atoms with Crippen LogP contribution in [0.5, 0.6) is 5.75 Å². The lowest BCUT2D eigenvalue weighted by Gasteiger charge is -2.21. The minimum atomic E-state index is -0.606. The molecule has 0 aliphatic rings. The molecule has 0 bridgehead atoms. The van der Waals surface area contributed by atoms with Crippen LogP contribution in [0.4, 0.5) is 0 Å². The first kappa shape index (κ1) is 14.0. The molecule has 17 heavy (non-hydrogen) atoms. The fraction of sp³-hybridized carbons (Fsp3) is 0.571. The summed E-state index contributed by atoms with van der Waals surface area (Å²) >= 11 is 0. The van der Waals surface area contributed by atoms with Crippen LogP contribution in [0.25, 0.3) is 0 Å². The van der Waals surface area contributed by atoms with Gasteiger partial charge in [0.05, 0.1) is 12.1 Å². The summed E-state index contributed by atoms with van der Waals surface area (Å²) in [7, 11) is 0. The maximum Gasteiger partial charge on any atom is 0.120 e. The lowest BCUT2D eigenvalue weighted by Crippen LogP contribution is -2.26. The van der Waals surface area contributed by atoms with Crippen LogP contribution in [0.1, 0.15) is 43.9 Å². The van der Waals surface area contributed by atoms with Crippen LogP contribution in [0, 0.1) is 12.8 Å². The predicted octanol–water partition coefficient (Wildman–Crippen LogP) is 2.50. The van der Waals surface area contributed by atoms with Crippen molar-refractivity contribution in [2.75, 3.05) is 0 Å². The van der Waals surface area contributed by atoms with Gasteiger partial charge in [0.2, 0.25) is 0 Å². The van der Waals surface area contributed by atoms with E-state index in [1.54, 1.807) is 6.07 Å². The number of aryl methyl sites for hydroxylation is 1. The standard InChI is InChI=1S/C14H23NO2/c1-9(2)4-6-13(17)14(15)11-8-10(3)5-7-12(11)16/h5,7-9,13-14,16-17H,4,6,15H2,1-3H3/t13-,14+/m0/s1. The molecule has 1 rings (SSSR count). The summed E-state index contributed by atoms with van der Waals surface area (Å²) < 4.78 is 0. The molecule has 96 valence electrons. The maximum atomic E-state index is 10.00. The number of benzene rings is 1. The number of phenolic OH excluding ortho intramolecular Hbond substituents is 1. The smallest absolute Gasteiger partial charge is 0.120 e. The van der Waals surface area contributed by atoms with Crippen molar-refractivity contribution in [1.82, 2.24) is 0 Å². The van der Waals surface area contributed by atoms with E-state index in [1.807, 2.05) is 19.1 Å². The molecule has 0 saturated carbocycles. The summed E-state index contributed by atoms with van der Waals surface area (Å²) in [6, 6.07) is 4.76. The number of rotatable bonds is 5. The van der Waals surface area contributed by atoms with Crippen molar-refractivity contribution < 1.29 is 10.2 Å². The average Bonchev–Trinajstić information content (AvgIpc) is 2.28. The summed E-state index contributed by atoms with van der Waals surface area (Å²) in [5, 5.41) is 19.7. The van der Waals surface area contributed by atoms with E-state index in [2.05, 4.69) is 13.8 Å². The van der Waals surface area contributed by atoms with E-state index in [0.717, 1.165) is 12.0 Å². The third kappa shape index (κ3) is 4.02. The molecule has 3 nitrogen and oxygen atoms in total. The maximum absolute atomic E-state index is 10.00. The Morgan fingerprint density at radius 2 is 1.88 bits per heavy atom. The first-order valence-electron chi connectivity index (χ1n) is 6.15. The van der Waals surface area contributed by atoms with Gasteiger partial charge in [-0.25, -0.2) is 0 Å². The molecular formula is C14H23NO2. The van der Waals surface area contributed by atoms with Crippen LogP contribution in [0.3, 0.4) is 0 Å². The molecular weight excluding hydrogens is 214 g/mol. The number of aromatic hydroxyl groups is 1. The van der Waals surface area contributed by atoms with E-state index in [1.165, 1.54) is 0 Å². The highest BCUT2D eigenvalue weighted by Gasteiger charge is 2.19. The number of aliphatic hydroxyl groups is 1. The zero-order valence-corrected chi connectivity index (χ0v) is 10.9. The summed E-state index contributed by atoms with van der Waals surface area (Å²) in [6.07, 6.45) is 0.985. The summed E-state index contributed by atoms with van der Waals surface area (Å²) in [5.74, 6) is 0.703. The molecule has 0 aliphatic heterocycles. The van der Waals surface area contributed by atoms with Crippen molar-refractivity contribution >= 4 is 0 Å². The molecule has 0 radical (unpaired) electrons. The monoisotopic (exact) mass is 237 g/mol. The Morgan fingerprint density at radius 3 is 2.47 bits per heavy atom. The van der Waals surface area contributed by atoms with Gasteiger partial charge < -0.3 is 15.9 Å². The van der Waals surface area contributed by atoms with Crippen LogP contribution >= 0.6 is 0 Å². The Balaban J connectivity index is 2.74. The summed E-state index contributed by atoms with van der Waals surface area (Å²) in [5.41, 5.74) is 7.64. The zero-order chi connectivity index (χ0) is 13.0. The molecule has 4 N–H and O–H groups in total. The summed E-state index contributed by atoms with van der Waals surface area (Å²) in [6.45, 7) is 6.17. The molecule has 0 spiro atoms. The second-order valence-electron chi connectivity index (χ2n) is 5.13. The number of hydrogen-bond acceptors (Lipinski definition) is 3. The molecule has 0 heterocycles. The lowest BCUT2D eigenvalue weighted by molar-refractivity contribution is 0.127. The molecule has 0 aliphatic carbocycles. The Morgan fingerprint density at radius 1 is 1.24 bits per heavy atom. The minimum absolute atomic E-state index is 0.159. The SMILES string of the molecule is Cc1ccc(O)c([C@@H](N)[C@@H](O)CCC(C)C)c1. The van der Waals surface area contributed by atoms with Gasteiger partial charge in [-0.1, -0.05) is 31.5 Å². The van der Waals surface area contributed by atoms with Crippen LogP contribution < -0.4 is 5.73 Å². The van der Waals surface area contributed by atoms with E-state index in [9.17, 15) is 10.2 Å². The average molecular weight is 237 g/mol. The number of hydrogen-bond donors (Lipinski definition) is 3. The molecule has 0 fully saturated rings. The Bertz CT molecular complexity index is 363. The molecule has 1 aromatic rings. The van der Waals surface area contributed by atoms with Crippen LogP contribution in [0.15, 0.2) is 18.2 Å². The molecule has 0 unspecified atom stereocenters. The minimum Gasteiger partial charge on any atom is -0.508 e. The van der Waals surface area contributed by atoms with Gasteiger partial charge in [0.1, 0.15) is 5.75 Å². The van der Waals surface area contributed by atoms with Gasteiger partial charge in [0.25, 0.3) is 0 Å². The van der Waals surface area contributed by atoms with Crippen LogP contribution in [0.2, 0.25) is 0 Å². The van der Waals surface area contributed by atoms with Gasteiger partial charge in [-0.05, 0) is 31.7 Å². The number of phenols is 1. The molecule has 0 aromatic heterocycles. The normalized spacial score (nSPS) is 14.9. The molecule has 3 heteroatoms. The first-order valence-corrected chi connectivity index (χ1v) is 6.15. The lowest BCUT2D eigenvalue weighted by atomic mass is 9.94. The van der Waals surface area contributed by atoms with Crippen molar-refractivity contribution in [3.05, 3.63) is 29.3 Å². The Kier molecular flexibility index (Phi) is 4.97. The zero-order valence-electron chi connectivity index (χ0n) is 10.9. The van der Waals surface area contributed by atoms with E-state index in [0.29, 0.717) is 17.9 Å². The van der Waals surface area contributed by atoms with Crippen molar-refractivity contribution in [3.8, 4) is 5.75 Å². The van der Waals surface area contributed by atoms with Crippen LogP contribution in [-0.4, -0.2) is 16.3 Å². The fourth-order valence-electron chi connectivity index (χ4n) is 1.83. The van der Waals surface area contributed by atoms with Crippen molar-refractivity contribution in [3.63, 3.8) is 0 Å². The predicted molar refractivity (Wildman–Crippen MR) is 69.9 cm³/mol. The van der Waals surface area contributed by atoms with Gasteiger partial charge in [0, 0.05) is 5.56 Å². The molecule has 1 aromatic carbocycles. The molecule has 2 atom stereocenters. The van der Waals surface area contributed by atoms with Gasteiger partial charge in [0.15, 0.2) is 0 Å². The van der Waals surface area contributed by atoms with Crippen molar-refractivity contribution in [1.29, 1.82) is 0 Å². The third-order valence-corrected chi connectivity index (χ3v) is 3.00. The van der Waals surface area contributed by atoms with Gasteiger partial charge in [-0.3, -0.25) is 0 Å². The summed E-state index contributed by atoms with van der Waals surface area (Å²) in [4.78, 5) is 0. The largest absolute Gasteiger partial charge is 0.508 e. The van der Waals surface area contributed by atoms with Crippen molar-refractivity contribution in [2.24, 2.45) is 11.7 Å². The second-order valence-corrected chi connectivity index (χ2v) is 5.13. The van der Waals surface area contributed by atoms with E-state index in [-0.39, 0.29) is 5.75 Å². The number of nitrogens with two attached hydrogens (primary N) is 1. The molecule has 0 saturated heterocycles. The highest BCUT2D eigenvalue weighted by atomic mass is 16.3. The topological polar surface area (TPSA) is 66.5 Å². The van der Waals surface area contributed by atoms with E-state index < -0.39 is 12.1 Å². The van der Waals surface area contributed by atoms with Gasteiger partial charge >= 0.3 is 0 Å². The first-order chi connectivity index (χ1) is 7.91. The Labute approximate surface area is 103 Å². The highest BCUT2D eigenvalue weighted by Crippen LogP contribution is 2.27. The number of aliphatic hydroxyl groups excluding tert-OH is 1. The quantitative estimate of drug-likeness (QED) is 0.737. The van der Waals surface area contributed by atoms with Crippen molar-refractivity contribution in [2.45, 2.75) is 45.8 Å². The Hall–Kier alpha value is -1.06. The van der Waals surface area contributed by atoms with Crippen LogP contribution in [-0.2, 0) is 0 Å². The molecule has 0 amide bonds. The van der Waals surface area contributed by atoms with E-state index >= 15 is 0 Å². The van der Waals surface area contributed by atoms with Gasteiger partial charge in [-0.15, -0.1) is 0 Å². The third-order valence-electron chi connectivity index (χ3n) is 3.00. The van der Waals surface area contributed by atoms with E-state index in [4.69, 9.17) is 5.73 Å². The van der Waals surface area contributed by atoms with Gasteiger partial charge in [-0.2, -0.15) is 0 Å². The fourth-order valence-corrected chi connectivity index (χ4v) is 1.83. The highest BCUT2D eigenvalue weighted by molar-refractivity contribution is 5.38.